The van der Waals surface area contributed by atoms with Crippen LogP contribution in [0.15, 0.2) is 42.6 Å². The van der Waals surface area contributed by atoms with Gasteiger partial charge in [0.2, 0.25) is 0 Å². The fourth-order valence-electron chi connectivity index (χ4n) is 3.67. The lowest BCUT2D eigenvalue weighted by atomic mass is 9.96. The molecule has 1 fully saturated rings. The van der Waals surface area contributed by atoms with Gasteiger partial charge in [-0.3, -0.25) is 20.3 Å². The number of urea groups is 1. The first-order valence-corrected chi connectivity index (χ1v) is 10.6. The number of piperidine rings is 1. The Kier molecular flexibility index (Phi) is 7.26. The number of ether oxygens (including phenoxy) is 1. The molecule has 3 N–H and O–H groups in total. The van der Waals surface area contributed by atoms with Crippen LogP contribution in [0.4, 0.5) is 16.3 Å². The number of nitrogens with one attached hydrogen (secondary N) is 1. The molecule has 0 spiro atoms. The van der Waals surface area contributed by atoms with E-state index in [0.717, 1.165) is 25.9 Å². The Labute approximate surface area is 187 Å². The largest absolute Gasteiger partial charge is 0.457 e. The molecule has 0 atom stereocenters. The van der Waals surface area contributed by atoms with Gasteiger partial charge in [0.15, 0.2) is 0 Å². The van der Waals surface area contributed by atoms with Crippen LogP contribution in [-0.2, 0) is 0 Å². The molecule has 10 nitrogen and oxygen atoms in total. The van der Waals surface area contributed by atoms with E-state index < -0.39 is 4.92 Å². The lowest BCUT2D eigenvalue weighted by Crippen LogP contribution is -2.55. The standard InChI is InChI=1S/C22H30N6O4/c1-22(2,15-23)27-12-9-16(10-13-27)26(3)21(29)25-20-14-19(8-11-24-20)32-18-6-4-17(5-7-18)28(30)31/h4-8,11,14,16H,9-10,12-13,15,23H2,1-3H3,(H,24,25,29). The molecule has 3 rings (SSSR count). The van der Waals surface area contributed by atoms with Crippen molar-refractivity contribution in [1.82, 2.24) is 14.8 Å². The van der Waals surface area contributed by atoms with Crippen molar-refractivity contribution in [2.75, 3.05) is 32.0 Å². The van der Waals surface area contributed by atoms with Crippen LogP contribution in [0.25, 0.3) is 0 Å². The van der Waals surface area contributed by atoms with Gasteiger partial charge < -0.3 is 15.4 Å². The number of rotatable bonds is 7. The summed E-state index contributed by atoms with van der Waals surface area (Å²) < 4.78 is 5.72. The van der Waals surface area contributed by atoms with E-state index in [4.69, 9.17) is 10.5 Å². The topological polar surface area (TPSA) is 127 Å². The van der Waals surface area contributed by atoms with Gasteiger partial charge in [0.25, 0.3) is 5.69 Å². The van der Waals surface area contributed by atoms with Gasteiger partial charge in [-0.1, -0.05) is 0 Å². The monoisotopic (exact) mass is 442 g/mol. The molecule has 0 radical (unpaired) electrons. The van der Waals surface area contributed by atoms with Crippen molar-refractivity contribution in [2.24, 2.45) is 5.73 Å². The van der Waals surface area contributed by atoms with Crippen LogP contribution in [0.1, 0.15) is 26.7 Å². The van der Waals surface area contributed by atoms with Crippen molar-refractivity contribution in [2.45, 2.75) is 38.3 Å². The highest BCUT2D eigenvalue weighted by molar-refractivity contribution is 5.88. The van der Waals surface area contributed by atoms with E-state index in [9.17, 15) is 14.9 Å². The molecule has 172 valence electrons. The number of anilines is 1. The van der Waals surface area contributed by atoms with Crippen LogP contribution < -0.4 is 15.8 Å². The fraction of sp³-hybridized carbons (Fsp3) is 0.455. The van der Waals surface area contributed by atoms with E-state index in [0.29, 0.717) is 23.9 Å². The summed E-state index contributed by atoms with van der Waals surface area (Å²) in [6, 6.07) is 8.93. The van der Waals surface area contributed by atoms with E-state index in [1.807, 2.05) is 0 Å². The molecule has 10 heteroatoms. The second-order valence-electron chi connectivity index (χ2n) is 8.51. The maximum Gasteiger partial charge on any atom is 0.323 e. The number of pyridine rings is 1. The molecule has 0 saturated carbocycles. The summed E-state index contributed by atoms with van der Waals surface area (Å²) in [5, 5.41) is 13.6. The number of hydrogen-bond donors (Lipinski definition) is 2. The van der Waals surface area contributed by atoms with E-state index in [-0.39, 0.29) is 23.3 Å². The highest BCUT2D eigenvalue weighted by Gasteiger charge is 2.32. The molecule has 0 bridgehead atoms. The lowest BCUT2D eigenvalue weighted by molar-refractivity contribution is -0.384. The number of aromatic nitrogens is 1. The van der Waals surface area contributed by atoms with Gasteiger partial charge in [0.1, 0.15) is 17.3 Å². The van der Waals surface area contributed by atoms with Crippen molar-refractivity contribution in [3.63, 3.8) is 0 Å². The Morgan fingerprint density at radius 1 is 1.28 bits per heavy atom. The molecule has 1 aliphatic rings. The molecular weight excluding hydrogens is 412 g/mol. The zero-order valence-electron chi connectivity index (χ0n) is 18.7. The quantitative estimate of drug-likeness (QED) is 0.497. The molecule has 0 unspecified atom stereocenters. The molecule has 32 heavy (non-hydrogen) atoms. The highest BCUT2D eigenvalue weighted by atomic mass is 16.6. The van der Waals surface area contributed by atoms with Crippen molar-refractivity contribution in [1.29, 1.82) is 0 Å². The van der Waals surface area contributed by atoms with Crippen molar-refractivity contribution in [3.8, 4) is 11.5 Å². The summed E-state index contributed by atoms with van der Waals surface area (Å²) in [5.74, 6) is 1.27. The molecular formula is C22H30N6O4. The fourth-order valence-corrected chi connectivity index (χ4v) is 3.67. The van der Waals surface area contributed by atoms with Crippen LogP contribution in [0, 0.1) is 10.1 Å². The number of nitro groups is 1. The minimum atomic E-state index is -0.469. The second-order valence-corrected chi connectivity index (χ2v) is 8.51. The number of nitrogens with two attached hydrogens (primary N) is 1. The number of carbonyl (C=O) groups is 1. The zero-order valence-corrected chi connectivity index (χ0v) is 18.7. The molecule has 1 aromatic carbocycles. The van der Waals surface area contributed by atoms with Crippen LogP contribution in [0.3, 0.4) is 0 Å². The third kappa shape index (κ3) is 5.71. The first-order valence-electron chi connectivity index (χ1n) is 10.6. The Bertz CT molecular complexity index is 942. The van der Waals surface area contributed by atoms with E-state index in [2.05, 4.69) is 29.0 Å². The van der Waals surface area contributed by atoms with Crippen LogP contribution in [-0.4, -0.2) is 64.0 Å². The Morgan fingerprint density at radius 3 is 2.53 bits per heavy atom. The van der Waals surface area contributed by atoms with Gasteiger partial charge in [-0.2, -0.15) is 0 Å². The summed E-state index contributed by atoms with van der Waals surface area (Å²) in [4.78, 5) is 31.3. The predicted octanol–water partition coefficient (Wildman–Crippen LogP) is 3.45. The van der Waals surface area contributed by atoms with E-state index >= 15 is 0 Å². The average molecular weight is 443 g/mol. The van der Waals surface area contributed by atoms with Gasteiger partial charge in [-0.15, -0.1) is 0 Å². The second kappa shape index (κ2) is 9.92. The predicted molar refractivity (Wildman–Crippen MR) is 122 cm³/mol. The summed E-state index contributed by atoms with van der Waals surface area (Å²) in [6.45, 7) is 6.66. The number of benzene rings is 1. The molecule has 2 aromatic rings. The summed E-state index contributed by atoms with van der Waals surface area (Å²) in [6.07, 6.45) is 3.29. The number of hydrogen-bond acceptors (Lipinski definition) is 7. The first-order chi connectivity index (χ1) is 15.2. The molecule has 1 aliphatic heterocycles. The Morgan fingerprint density at radius 2 is 1.94 bits per heavy atom. The van der Waals surface area contributed by atoms with Crippen molar-refractivity contribution in [3.05, 3.63) is 52.7 Å². The lowest BCUT2D eigenvalue weighted by Gasteiger charge is -2.44. The van der Waals surface area contributed by atoms with Crippen molar-refractivity contribution < 1.29 is 14.5 Å². The zero-order chi connectivity index (χ0) is 23.3. The Hall–Kier alpha value is -3.24. The van der Waals surface area contributed by atoms with Crippen LogP contribution >= 0.6 is 0 Å². The van der Waals surface area contributed by atoms with Gasteiger partial charge in [-0.05, 0) is 44.9 Å². The average Bonchev–Trinajstić information content (AvgIpc) is 2.79. The normalized spacial score (nSPS) is 15.2. The summed E-state index contributed by atoms with van der Waals surface area (Å²) in [5.41, 5.74) is 5.83. The van der Waals surface area contributed by atoms with Gasteiger partial charge >= 0.3 is 6.03 Å². The van der Waals surface area contributed by atoms with Gasteiger partial charge in [0, 0.05) is 62.7 Å². The maximum absolute atomic E-state index is 12.8. The van der Waals surface area contributed by atoms with E-state index in [1.165, 1.54) is 30.5 Å². The third-order valence-corrected chi connectivity index (χ3v) is 5.94. The van der Waals surface area contributed by atoms with Crippen LogP contribution in [0.5, 0.6) is 11.5 Å². The number of nitrogens with zero attached hydrogens (tertiary/aromatic N) is 4. The number of likely N-dealkylation sites (tertiary alicyclic amines) is 1. The number of amides is 2. The summed E-state index contributed by atoms with van der Waals surface area (Å²) in [7, 11) is 1.79. The van der Waals surface area contributed by atoms with Gasteiger partial charge in [0.05, 0.1) is 4.92 Å². The highest BCUT2D eigenvalue weighted by Crippen LogP contribution is 2.26. The smallest absolute Gasteiger partial charge is 0.323 e. The molecule has 2 heterocycles. The number of non-ortho nitro benzene ring substituents is 1. The Balaban J connectivity index is 1.56. The SMILES string of the molecule is CN(C(=O)Nc1cc(Oc2ccc([N+](=O)[O-])cc2)ccn1)C1CCN(C(C)(C)CN)CC1. The van der Waals surface area contributed by atoms with Crippen molar-refractivity contribution >= 4 is 17.5 Å². The van der Waals surface area contributed by atoms with Crippen LogP contribution in [0.2, 0.25) is 0 Å². The third-order valence-electron chi connectivity index (χ3n) is 5.94. The molecule has 2 amide bonds. The summed E-state index contributed by atoms with van der Waals surface area (Å²) >= 11 is 0. The molecule has 0 aliphatic carbocycles. The number of carbonyl (C=O) groups excluding carboxylic acids is 1. The van der Waals surface area contributed by atoms with E-state index in [1.54, 1.807) is 24.1 Å². The maximum atomic E-state index is 12.8. The molecule has 1 saturated heterocycles. The number of nitro benzene ring substituents is 1. The first kappa shape index (κ1) is 23.4. The van der Waals surface area contributed by atoms with Gasteiger partial charge in [-0.25, -0.2) is 9.78 Å². The minimum Gasteiger partial charge on any atom is -0.457 e. The minimum absolute atomic E-state index is 0.0134. The molecule has 1 aromatic heterocycles.